The third-order valence-corrected chi connectivity index (χ3v) is 2.88. The Morgan fingerprint density at radius 2 is 2.22 bits per heavy atom. The van der Waals surface area contributed by atoms with Crippen LogP contribution in [-0.2, 0) is 4.79 Å². The van der Waals surface area contributed by atoms with Crippen molar-refractivity contribution in [1.82, 2.24) is 10.2 Å². The van der Waals surface area contributed by atoms with Gasteiger partial charge in [0.25, 0.3) is 0 Å². The maximum atomic E-state index is 13.0. The van der Waals surface area contributed by atoms with Gasteiger partial charge in [-0.1, -0.05) is 11.6 Å². The van der Waals surface area contributed by atoms with Crippen molar-refractivity contribution in [2.45, 2.75) is 0 Å². The van der Waals surface area contributed by atoms with Crippen molar-refractivity contribution < 1.29 is 9.18 Å². The maximum absolute atomic E-state index is 13.0. The molecular weight excluding hydrogens is 277 g/mol. The number of amides is 1. The van der Waals surface area contributed by atoms with E-state index in [4.69, 9.17) is 23.8 Å². The van der Waals surface area contributed by atoms with Crippen molar-refractivity contribution >= 4 is 40.5 Å². The highest BCUT2D eigenvalue weighted by molar-refractivity contribution is 7.80. The molecule has 0 radical (unpaired) electrons. The maximum Gasteiger partial charge on any atom is 0.239 e. The molecule has 0 aliphatic heterocycles. The second-order valence-electron chi connectivity index (χ2n) is 3.59. The van der Waals surface area contributed by atoms with Crippen molar-refractivity contribution in [2.75, 3.05) is 26.0 Å². The van der Waals surface area contributed by atoms with E-state index in [1.54, 1.807) is 19.0 Å². The van der Waals surface area contributed by atoms with E-state index < -0.39 is 5.82 Å². The van der Waals surface area contributed by atoms with Crippen LogP contribution in [0.25, 0.3) is 0 Å². The third-order valence-electron chi connectivity index (χ3n) is 2.18. The van der Waals surface area contributed by atoms with E-state index in [1.165, 1.54) is 18.2 Å². The van der Waals surface area contributed by atoms with E-state index in [1.807, 2.05) is 0 Å². The summed E-state index contributed by atoms with van der Waals surface area (Å²) in [6.45, 7) is 0.136. The zero-order valence-electron chi connectivity index (χ0n) is 9.96. The van der Waals surface area contributed by atoms with Gasteiger partial charge in [0.05, 0.1) is 11.6 Å². The molecule has 0 heterocycles. The quantitative estimate of drug-likeness (QED) is 0.834. The second-order valence-corrected chi connectivity index (χ2v) is 4.38. The summed E-state index contributed by atoms with van der Waals surface area (Å²) in [6, 6.07) is 4.18. The standard InChI is InChI=1S/C11H13ClFN3OS/c1-14-10(17)6-16(2)11(18)15-7-3-4-9(13)8(12)5-7/h3-5H,6H2,1-2H3,(H,14,17)(H,15,18). The molecule has 2 N–H and O–H groups in total. The minimum atomic E-state index is -0.494. The van der Waals surface area contributed by atoms with Crippen LogP contribution in [0, 0.1) is 5.82 Å². The lowest BCUT2D eigenvalue weighted by atomic mass is 10.3. The molecule has 0 aliphatic carbocycles. The Balaban J connectivity index is 2.63. The number of halogens is 2. The lowest BCUT2D eigenvalue weighted by molar-refractivity contribution is -0.120. The van der Waals surface area contributed by atoms with Crippen LogP contribution in [-0.4, -0.2) is 36.6 Å². The zero-order chi connectivity index (χ0) is 13.7. The fourth-order valence-electron chi connectivity index (χ4n) is 1.16. The summed E-state index contributed by atoms with van der Waals surface area (Å²) in [5, 5.41) is 5.72. The molecule has 1 rings (SSSR count). The molecule has 98 valence electrons. The van der Waals surface area contributed by atoms with Crippen molar-refractivity contribution in [3.05, 3.63) is 29.0 Å². The van der Waals surface area contributed by atoms with E-state index in [0.717, 1.165) is 0 Å². The van der Waals surface area contributed by atoms with Crippen LogP contribution in [0.2, 0.25) is 5.02 Å². The molecule has 0 aromatic heterocycles. The van der Waals surface area contributed by atoms with Crippen LogP contribution in [0.3, 0.4) is 0 Å². The molecule has 0 saturated carbocycles. The van der Waals surface area contributed by atoms with Gasteiger partial charge >= 0.3 is 0 Å². The van der Waals surface area contributed by atoms with Crippen LogP contribution >= 0.6 is 23.8 Å². The Morgan fingerprint density at radius 1 is 1.56 bits per heavy atom. The summed E-state index contributed by atoms with van der Waals surface area (Å²) in [6.07, 6.45) is 0. The number of benzene rings is 1. The Kier molecular flexibility index (Phi) is 5.30. The van der Waals surface area contributed by atoms with Gasteiger partial charge in [-0.2, -0.15) is 0 Å². The predicted octanol–water partition coefficient (Wildman–Crippen LogP) is 1.85. The highest BCUT2D eigenvalue weighted by atomic mass is 35.5. The lowest BCUT2D eigenvalue weighted by Gasteiger charge is -2.20. The fraction of sp³-hybridized carbons (Fsp3) is 0.273. The lowest BCUT2D eigenvalue weighted by Crippen LogP contribution is -2.39. The van der Waals surface area contributed by atoms with Crippen LogP contribution in [0.15, 0.2) is 18.2 Å². The number of rotatable bonds is 3. The van der Waals surface area contributed by atoms with Crippen LogP contribution < -0.4 is 10.6 Å². The monoisotopic (exact) mass is 289 g/mol. The molecule has 0 spiro atoms. The van der Waals surface area contributed by atoms with Gasteiger partial charge in [0, 0.05) is 19.8 Å². The first-order chi connectivity index (χ1) is 8.43. The van der Waals surface area contributed by atoms with E-state index >= 15 is 0 Å². The molecule has 0 aliphatic rings. The molecule has 4 nitrogen and oxygen atoms in total. The third kappa shape index (κ3) is 4.12. The molecule has 0 bridgehead atoms. The van der Waals surface area contributed by atoms with E-state index in [0.29, 0.717) is 10.8 Å². The summed E-state index contributed by atoms with van der Waals surface area (Å²) in [5.74, 6) is -0.648. The number of likely N-dealkylation sites (N-methyl/N-ethyl adjacent to an activating group) is 2. The predicted molar refractivity (Wildman–Crippen MR) is 74.3 cm³/mol. The zero-order valence-corrected chi connectivity index (χ0v) is 11.5. The molecule has 1 aromatic carbocycles. The van der Waals surface area contributed by atoms with Crippen LogP contribution in [0.1, 0.15) is 0 Å². The molecule has 18 heavy (non-hydrogen) atoms. The Bertz CT molecular complexity index is 470. The van der Waals surface area contributed by atoms with E-state index in [9.17, 15) is 9.18 Å². The number of carbonyl (C=O) groups excluding carboxylic acids is 1. The normalized spacial score (nSPS) is 9.78. The number of thiocarbonyl (C=S) groups is 1. The molecule has 0 fully saturated rings. The van der Waals surface area contributed by atoms with E-state index in [2.05, 4.69) is 10.6 Å². The van der Waals surface area contributed by atoms with Gasteiger partial charge in [-0.25, -0.2) is 4.39 Å². The number of nitrogens with one attached hydrogen (secondary N) is 2. The Hall–Kier alpha value is -1.40. The summed E-state index contributed by atoms with van der Waals surface area (Å²) < 4.78 is 13.0. The van der Waals surface area contributed by atoms with Crippen LogP contribution in [0.4, 0.5) is 10.1 Å². The first kappa shape index (κ1) is 14.7. The molecule has 1 aromatic rings. The highest BCUT2D eigenvalue weighted by Gasteiger charge is 2.09. The molecule has 1 amide bonds. The summed E-state index contributed by atoms with van der Waals surface area (Å²) in [5.41, 5.74) is 0.565. The van der Waals surface area contributed by atoms with Crippen LogP contribution in [0.5, 0.6) is 0 Å². The van der Waals surface area contributed by atoms with Crippen molar-refractivity contribution in [2.24, 2.45) is 0 Å². The molecule has 0 atom stereocenters. The number of anilines is 1. The number of carbonyl (C=O) groups is 1. The van der Waals surface area contributed by atoms with Crippen molar-refractivity contribution in [1.29, 1.82) is 0 Å². The van der Waals surface area contributed by atoms with Crippen molar-refractivity contribution in [3.63, 3.8) is 0 Å². The minimum absolute atomic E-state index is 0.0109. The van der Waals surface area contributed by atoms with E-state index in [-0.39, 0.29) is 17.5 Å². The largest absolute Gasteiger partial charge is 0.358 e. The van der Waals surface area contributed by atoms with Gasteiger partial charge < -0.3 is 15.5 Å². The second kappa shape index (κ2) is 6.51. The van der Waals surface area contributed by atoms with Gasteiger partial charge in [0.15, 0.2) is 5.11 Å². The average Bonchev–Trinajstić information content (AvgIpc) is 2.33. The molecule has 0 saturated heterocycles. The van der Waals surface area contributed by atoms with Gasteiger partial charge in [0.1, 0.15) is 5.82 Å². The first-order valence-electron chi connectivity index (χ1n) is 5.11. The van der Waals surface area contributed by atoms with Crippen molar-refractivity contribution in [3.8, 4) is 0 Å². The summed E-state index contributed by atoms with van der Waals surface area (Å²) in [4.78, 5) is 12.7. The SMILES string of the molecule is CNC(=O)CN(C)C(=S)Nc1ccc(F)c(Cl)c1. The van der Waals surface area contributed by atoms with Gasteiger partial charge in [-0.05, 0) is 30.4 Å². The Labute approximate surface area is 115 Å². The Morgan fingerprint density at radius 3 is 2.78 bits per heavy atom. The number of hydrogen-bond donors (Lipinski definition) is 2. The van der Waals surface area contributed by atoms with Gasteiger partial charge in [-0.3, -0.25) is 4.79 Å². The number of hydrogen-bond acceptors (Lipinski definition) is 2. The highest BCUT2D eigenvalue weighted by Crippen LogP contribution is 2.19. The van der Waals surface area contributed by atoms with Gasteiger partial charge in [0.2, 0.25) is 5.91 Å². The topological polar surface area (TPSA) is 44.4 Å². The molecule has 7 heteroatoms. The minimum Gasteiger partial charge on any atom is -0.358 e. The van der Waals surface area contributed by atoms with Gasteiger partial charge in [-0.15, -0.1) is 0 Å². The molecule has 0 unspecified atom stereocenters. The summed E-state index contributed by atoms with van der Waals surface area (Å²) in [7, 11) is 3.22. The number of nitrogens with zero attached hydrogens (tertiary/aromatic N) is 1. The first-order valence-corrected chi connectivity index (χ1v) is 5.90. The smallest absolute Gasteiger partial charge is 0.239 e. The fourth-order valence-corrected chi connectivity index (χ4v) is 1.52. The molecular formula is C11H13ClFN3OS. The summed E-state index contributed by atoms with van der Waals surface area (Å²) >= 11 is 10.7. The average molecular weight is 290 g/mol.